The van der Waals surface area contributed by atoms with Crippen LogP contribution in [0, 0.1) is 0 Å². The Balaban J connectivity index is 1.63. The minimum absolute atomic E-state index is 0.0463. The molecule has 2 fully saturated rings. The van der Waals surface area contributed by atoms with Crippen LogP contribution in [0.15, 0.2) is 24.3 Å². The minimum Gasteiger partial charge on any atom is -0.379 e. The number of carbonyl (C=O) groups is 1. The molecule has 1 aliphatic heterocycles. The number of nitrogens with zero attached hydrogens (tertiary/aromatic N) is 1. The Bertz CT molecular complexity index is 505. The molecule has 1 aromatic carbocycles. The van der Waals surface area contributed by atoms with Crippen molar-refractivity contribution in [1.82, 2.24) is 10.2 Å². The number of nitrogens with two attached hydrogens (primary N) is 1. The Labute approximate surface area is 131 Å². The van der Waals surface area contributed by atoms with Gasteiger partial charge in [-0.25, -0.2) is 0 Å². The Morgan fingerprint density at radius 1 is 1.23 bits per heavy atom. The van der Waals surface area contributed by atoms with Gasteiger partial charge in [0.1, 0.15) is 0 Å². The van der Waals surface area contributed by atoms with E-state index in [0.717, 1.165) is 32.8 Å². The van der Waals surface area contributed by atoms with Crippen molar-refractivity contribution in [2.45, 2.75) is 18.3 Å². The molecule has 5 nitrogen and oxygen atoms in total. The van der Waals surface area contributed by atoms with Crippen molar-refractivity contribution in [1.29, 1.82) is 0 Å². The van der Waals surface area contributed by atoms with Gasteiger partial charge in [-0.05, 0) is 30.5 Å². The molecule has 1 heterocycles. The van der Waals surface area contributed by atoms with Crippen LogP contribution in [0.4, 0.5) is 0 Å². The van der Waals surface area contributed by atoms with Crippen molar-refractivity contribution in [2.24, 2.45) is 5.73 Å². The van der Waals surface area contributed by atoms with Crippen LogP contribution in [0.3, 0.4) is 0 Å². The molecule has 0 unspecified atom stereocenters. The van der Waals surface area contributed by atoms with Crippen molar-refractivity contribution in [2.75, 3.05) is 45.9 Å². The molecule has 5 heteroatoms. The van der Waals surface area contributed by atoms with Crippen LogP contribution in [0.25, 0.3) is 0 Å². The molecule has 3 N–H and O–H groups in total. The van der Waals surface area contributed by atoms with Gasteiger partial charge in [0.25, 0.3) is 5.91 Å². The fourth-order valence-corrected chi connectivity index (χ4v) is 3.14. The van der Waals surface area contributed by atoms with Gasteiger partial charge in [0.2, 0.25) is 0 Å². The summed E-state index contributed by atoms with van der Waals surface area (Å²) in [6.07, 6.45) is 2.48. The van der Waals surface area contributed by atoms with Crippen LogP contribution in [0.5, 0.6) is 0 Å². The Morgan fingerprint density at radius 2 is 1.91 bits per heavy atom. The maximum atomic E-state index is 11.9. The van der Waals surface area contributed by atoms with Crippen LogP contribution in [0.2, 0.25) is 0 Å². The molecule has 1 amide bonds. The summed E-state index contributed by atoms with van der Waals surface area (Å²) in [6, 6.07) is 8.09. The summed E-state index contributed by atoms with van der Waals surface area (Å²) in [6.45, 7) is 5.83. The van der Waals surface area contributed by atoms with Gasteiger partial charge >= 0.3 is 0 Å². The summed E-state index contributed by atoms with van der Waals surface area (Å²) in [7, 11) is 0. The van der Waals surface area contributed by atoms with Gasteiger partial charge in [0.05, 0.1) is 13.2 Å². The molecule has 0 spiro atoms. The van der Waals surface area contributed by atoms with E-state index >= 15 is 0 Å². The van der Waals surface area contributed by atoms with Gasteiger partial charge in [-0.15, -0.1) is 0 Å². The molecule has 0 aromatic heterocycles. The first-order valence-electron chi connectivity index (χ1n) is 8.12. The molecular formula is C17H25N3O2. The highest BCUT2D eigenvalue weighted by atomic mass is 16.5. The van der Waals surface area contributed by atoms with Crippen LogP contribution in [-0.2, 0) is 10.2 Å². The summed E-state index contributed by atoms with van der Waals surface area (Å²) in [5.74, 6) is -0.0463. The fraction of sp³-hybridized carbons (Fsp3) is 0.588. The average molecular weight is 303 g/mol. The third kappa shape index (κ3) is 3.48. The lowest BCUT2D eigenvalue weighted by atomic mass is 9.94. The van der Waals surface area contributed by atoms with Gasteiger partial charge in [0.15, 0.2) is 0 Å². The predicted molar refractivity (Wildman–Crippen MR) is 86.0 cm³/mol. The first kappa shape index (κ1) is 15.5. The van der Waals surface area contributed by atoms with E-state index in [1.807, 2.05) is 12.1 Å². The van der Waals surface area contributed by atoms with E-state index in [1.54, 1.807) is 0 Å². The summed E-state index contributed by atoms with van der Waals surface area (Å²) >= 11 is 0. The van der Waals surface area contributed by atoms with E-state index < -0.39 is 0 Å². The van der Waals surface area contributed by atoms with E-state index in [1.165, 1.54) is 18.4 Å². The second kappa shape index (κ2) is 6.77. The number of morpholine rings is 1. The smallest absolute Gasteiger partial charge is 0.251 e. The zero-order valence-corrected chi connectivity index (χ0v) is 13.0. The van der Waals surface area contributed by atoms with Crippen LogP contribution < -0.4 is 11.1 Å². The number of benzene rings is 1. The largest absolute Gasteiger partial charge is 0.379 e. The molecule has 22 heavy (non-hydrogen) atoms. The van der Waals surface area contributed by atoms with E-state index in [-0.39, 0.29) is 5.91 Å². The van der Waals surface area contributed by atoms with Gasteiger partial charge in [-0.1, -0.05) is 12.1 Å². The molecule has 1 aromatic rings. The van der Waals surface area contributed by atoms with Crippen molar-refractivity contribution in [3.63, 3.8) is 0 Å². The van der Waals surface area contributed by atoms with Crippen LogP contribution in [-0.4, -0.2) is 56.7 Å². The average Bonchev–Trinajstić information content (AvgIpc) is 3.34. The van der Waals surface area contributed by atoms with E-state index in [9.17, 15) is 4.79 Å². The normalized spacial score (nSPS) is 20.6. The lowest BCUT2D eigenvalue weighted by Gasteiger charge is -2.30. The molecule has 1 saturated carbocycles. The second-order valence-corrected chi connectivity index (χ2v) is 6.29. The number of hydrogen-bond donors (Lipinski definition) is 2. The third-order valence-corrected chi connectivity index (χ3v) is 4.67. The maximum Gasteiger partial charge on any atom is 0.251 e. The number of rotatable bonds is 6. The summed E-state index contributed by atoms with van der Waals surface area (Å²) < 4.78 is 5.42. The lowest BCUT2D eigenvalue weighted by molar-refractivity contribution is 0.0336. The first-order chi connectivity index (χ1) is 10.7. The third-order valence-electron chi connectivity index (χ3n) is 4.67. The predicted octanol–water partition coefficient (Wildman–Crippen LogP) is 0.739. The fourth-order valence-electron chi connectivity index (χ4n) is 3.14. The maximum absolute atomic E-state index is 11.9. The Kier molecular flexibility index (Phi) is 4.76. The quantitative estimate of drug-likeness (QED) is 0.813. The molecule has 0 radical (unpaired) electrons. The number of ether oxygens (including phenoxy) is 1. The van der Waals surface area contributed by atoms with Crippen LogP contribution >= 0.6 is 0 Å². The van der Waals surface area contributed by atoms with Gasteiger partial charge in [0, 0.05) is 43.7 Å². The van der Waals surface area contributed by atoms with Gasteiger partial charge in [-0.3, -0.25) is 9.69 Å². The van der Waals surface area contributed by atoms with Crippen LogP contribution in [0.1, 0.15) is 28.8 Å². The number of nitrogens with one attached hydrogen (secondary N) is 1. The lowest BCUT2D eigenvalue weighted by Crippen LogP contribution is -2.41. The summed E-state index contributed by atoms with van der Waals surface area (Å²) in [5, 5.41) is 2.80. The van der Waals surface area contributed by atoms with E-state index in [4.69, 9.17) is 10.5 Å². The molecule has 0 bridgehead atoms. The zero-order valence-electron chi connectivity index (χ0n) is 13.0. The summed E-state index contributed by atoms with van der Waals surface area (Å²) in [5.41, 5.74) is 7.76. The molecule has 120 valence electrons. The van der Waals surface area contributed by atoms with Crippen molar-refractivity contribution >= 4 is 5.91 Å². The van der Waals surface area contributed by atoms with Gasteiger partial charge in [-0.2, -0.15) is 0 Å². The molecule has 0 atom stereocenters. The SMILES string of the molecule is NCCNC(=O)c1ccc(C2(CN3CCOCC3)CC2)cc1. The highest BCUT2D eigenvalue weighted by Crippen LogP contribution is 2.48. The standard InChI is InChI=1S/C17H25N3O2/c18-7-8-19-16(21)14-1-3-15(4-2-14)17(5-6-17)13-20-9-11-22-12-10-20/h1-4H,5-13,18H2,(H,19,21). The molecule has 3 rings (SSSR count). The van der Waals surface area contributed by atoms with Gasteiger partial charge < -0.3 is 15.8 Å². The number of carbonyl (C=O) groups excluding carboxylic acids is 1. The molecule has 1 saturated heterocycles. The second-order valence-electron chi connectivity index (χ2n) is 6.29. The number of amides is 1. The van der Waals surface area contributed by atoms with E-state index in [0.29, 0.717) is 24.1 Å². The van der Waals surface area contributed by atoms with Crippen molar-refractivity contribution < 1.29 is 9.53 Å². The molecular weight excluding hydrogens is 278 g/mol. The van der Waals surface area contributed by atoms with E-state index in [2.05, 4.69) is 22.3 Å². The zero-order chi connectivity index (χ0) is 15.4. The Hall–Kier alpha value is -1.43. The summed E-state index contributed by atoms with van der Waals surface area (Å²) in [4.78, 5) is 14.4. The number of hydrogen-bond acceptors (Lipinski definition) is 4. The highest BCUT2D eigenvalue weighted by molar-refractivity contribution is 5.94. The van der Waals surface area contributed by atoms with Crippen molar-refractivity contribution in [3.8, 4) is 0 Å². The molecule has 1 aliphatic carbocycles. The Morgan fingerprint density at radius 3 is 2.50 bits per heavy atom. The minimum atomic E-state index is -0.0463. The highest BCUT2D eigenvalue weighted by Gasteiger charge is 2.45. The molecule has 2 aliphatic rings. The van der Waals surface area contributed by atoms with Crippen molar-refractivity contribution in [3.05, 3.63) is 35.4 Å². The first-order valence-corrected chi connectivity index (χ1v) is 8.12. The topological polar surface area (TPSA) is 67.6 Å². The monoisotopic (exact) mass is 303 g/mol.